The van der Waals surface area contributed by atoms with Crippen molar-refractivity contribution >= 4 is 10.0 Å². The number of fused-ring (bicyclic) bond motifs is 1. The van der Waals surface area contributed by atoms with E-state index < -0.39 is 33.9 Å². The average Bonchev–Trinajstić information content (AvgIpc) is 2.65. The molecule has 27 heavy (non-hydrogen) atoms. The smallest absolute Gasteiger partial charge is 0.375 e. The molecule has 0 unspecified atom stereocenters. The third-order valence-corrected chi connectivity index (χ3v) is 6.27. The highest BCUT2D eigenvalue weighted by atomic mass is 32.2. The fourth-order valence-corrected chi connectivity index (χ4v) is 4.35. The third kappa shape index (κ3) is 4.02. The molecule has 3 rings (SSSR count). The highest BCUT2D eigenvalue weighted by molar-refractivity contribution is 7.89. The van der Waals surface area contributed by atoms with E-state index in [2.05, 4.69) is 0 Å². The molecule has 0 amide bonds. The van der Waals surface area contributed by atoms with Gasteiger partial charge in [-0.15, -0.1) is 0 Å². The van der Waals surface area contributed by atoms with Gasteiger partial charge in [0.15, 0.2) is 5.60 Å². The maximum Gasteiger partial charge on any atom is 0.422 e. The molecule has 0 bridgehead atoms. The Labute approximate surface area is 156 Å². The number of rotatable bonds is 5. The molecule has 0 aliphatic heterocycles. The Morgan fingerprint density at radius 1 is 0.963 bits per heavy atom. The van der Waals surface area contributed by atoms with Crippen LogP contribution < -0.4 is 4.72 Å². The van der Waals surface area contributed by atoms with Crippen molar-refractivity contribution in [2.45, 2.75) is 42.4 Å². The molecule has 0 fully saturated rings. The Morgan fingerprint density at radius 3 is 2.22 bits per heavy atom. The molecule has 4 nitrogen and oxygen atoms in total. The highest BCUT2D eigenvalue weighted by Crippen LogP contribution is 2.38. The molecule has 0 aromatic heterocycles. The monoisotopic (exact) mass is 399 g/mol. The Bertz CT molecular complexity index is 914. The lowest BCUT2D eigenvalue weighted by Gasteiger charge is -2.31. The quantitative estimate of drug-likeness (QED) is 0.811. The van der Waals surface area contributed by atoms with Crippen LogP contribution in [0.3, 0.4) is 0 Å². The maximum absolute atomic E-state index is 13.5. The summed E-state index contributed by atoms with van der Waals surface area (Å²) in [4.78, 5) is -0.0965. The summed E-state index contributed by atoms with van der Waals surface area (Å²) in [5, 5.41) is 10.3. The van der Waals surface area contributed by atoms with E-state index in [4.69, 9.17) is 0 Å². The Kier molecular flexibility index (Phi) is 5.33. The number of nitrogens with one attached hydrogen (secondary N) is 1. The van der Waals surface area contributed by atoms with E-state index in [-0.39, 0.29) is 4.90 Å². The van der Waals surface area contributed by atoms with Gasteiger partial charge in [-0.2, -0.15) is 13.2 Å². The molecule has 0 saturated carbocycles. The Morgan fingerprint density at radius 2 is 1.59 bits per heavy atom. The van der Waals surface area contributed by atoms with Crippen molar-refractivity contribution in [3.8, 4) is 0 Å². The molecule has 2 N–H and O–H groups in total. The van der Waals surface area contributed by atoms with Crippen LogP contribution in [0.4, 0.5) is 13.2 Å². The second-order valence-electron chi connectivity index (χ2n) is 6.69. The fraction of sp³-hybridized carbons (Fsp3) is 0.368. The molecular weight excluding hydrogens is 379 g/mol. The van der Waals surface area contributed by atoms with Crippen LogP contribution >= 0.6 is 0 Å². The van der Waals surface area contributed by atoms with Crippen molar-refractivity contribution in [3.05, 3.63) is 65.2 Å². The molecule has 0 radical (unpaired) electrons. The molecule has 0 heterocycles. The van der Waals surface area contributed by atoms with Gasteiger partial charge in [0.1, 0.15) is 0 Å². The van der Waals surface area contributed by atoms with Crippen molar-refractivity contribution in [1.29, 1.82) is 0 Å². The van der Waals surface area contributed by atoms with Gasteiger partial charge >= 0.3 is 6.18 Å². The van der Waals surface area contributed by atoms with Gasteiger partial charge in [0.2, 0.25) is 10.0 Å². The van der Waals surface area contributed by atoms with Crippen LogP contribution in [0.5, 0.6) is 0 Å². The van der Waals surface area contributed by atoms with Gasteiger partial charge in [-0.05, 0) is 54.5 Å². The van der Waals surface area contributed by atoms with E-state index in [1.807, 2.05) is 4.72 Å². The number of aliphatic hydroxyl groups is 1. The van der Waals surface area contributed by atoms with Crippen LogP contribution in [-0.4, -0.2) is 26.2 Å². The summed E-state index contributed by atoms with van der Waals surface area (Å²) in [6.45, 7) is -1.21. The van der Waals surface area contributed by atoms with Crippen molar-refractivity contribution in [3.63, 3.8) is 0 Å². The molecule has 2 aromatic rings. The molecule has 1 atom stereocenters. The van der Waals surface area contributed by atoms with Gasteiger partial charge in [-0.3, -0.25) is 0 Å². The highest BCUT2D eigenvalue weighted by Gasteiger charge is 2.55. The molecular formula is C19H20F3NO3S. The van der Waals surface area contributed by atoms with Crippen LogP contribution in [-0.2, 0) is 28.5 Å². The lowest BCUT2D eigenvalue weighted by atomic mass is 9.92. The summed E-state index contributed by atoms with van der Waals surface area (Å²) < 4.78 is 67.5. The average molecular weight is 399 g/mol. The van der Waals surface area contributed by atoms with Gasteiger partial charge in [-0.25, -0.2) is 13.1 Å². The standard InChI is InChI=1S/C19H20F3NO3S/c20-19(21,22)18(24,16-8-2-1-3-9-16)13-23-27(25,26)17-11-10-14-6-4-5-7-15(14)12-17/h1-3,8-12,23-24H,4-7,13H2/t18-/m1/s1. The lowest BCUT2D eigenvalue weighted by molar-refractivity contribution is -0.263. The minimum absolute atomic E-state index is 0.0965. The van der Waals surface area contributed by atoms with E-state index in [9.17, 15) is 26.7 Å². The minimum Gasteiger partial charge on any atom is -0.375 e. The minimum atomic E-state index is -5.05. The number of hydrogen-bond donors (Lipinski definition) is 2. The Hall–Kier alpha value is -1.90. The van der Waals surface area contributed by atoms with E-state index in [0.29, 0.717) is 0 Å². The second kappa shape index (κ2) is 7.26. The Balaban J connectivity index is 1.87. The number of benzene rings is 2. The third-order valence-electron chi connectivity index (χ3n) is 4.87. The van der Waals surface area contributed by atoms with Gasteiger partial charge in [0.05, 0.1) is 11.4 Å². The predicted octanol–water partition coefficient (Wildman–Crippen LogP) is 3.29. The van der Waals surface area contributed by atoms with Gasteiger partial charge in [-0.1, -0.05) is 36.4 Å². The number of hydrogen-bond acceptors (Lipinski definition) is 3. The number of aryl methyl sites for hydroxylation is 2. The summed E-state index contributed by atoms with van der Waals surface area (Å²) in [5.74, 6) is 0. The predicted molar refractivity (Wildman–Crippen MR) is 94.7 cm³/mol. The van der Waals surface area contributed by atoms with Crippen LogP contribution in [0.1, 0.15) is 29.5 Å². The van der Waals surface area contributed by atoms with Crippen molar-refractivity contribution in [2.24, 2.45) is 0 Å². The zero-order valence-corrected chi connectivity index (χ0v) is 15.3. The second-order valence-corrected chi connectivity index (χ2v) is 8.45. The van der Waals surface area contributed by atoms with Crippen LogP contribution in [0.25, 0.3) is 0 Å². The van der Waals surface area contributed by atoms with E-state index >= 15 is 0 Å². The van der Waals surface area contributed by atoms with E-state index in [1.165, 1.54) is 30.3 Å². The zero-order chi connectivity index (χ0) is 19.7. The first kappa shape index (κ1) is 19.9. The molecule has 0 saturated heterocycles. The first-order valence-electron chi connectivity index (χ1n) is 8.60. The molecule has 1 aliphatic carbocycles. The summed E-state index contributed by atoms with van der Waals surface area (Å²) in [5.41, 5.74) is -1.78. The van der Waals surface area contributed by atoms with E-state index in [0.717, 1.165) is 48.9 Å². The SMILES string of the molecule is O=S(=O)(NC[C@@](O)(c1ccccc1)C(F)(F)F)c1ccc2c(c1)CCCC2. The molecule has 0 spiro atoms. The first-order valence-corrected chi connectivity index (χ1v) is 10.1. The number of sulfonamides is 1. The maximum atomic E-state index is 13.5. The zero-order valence-electron chi connectivity index (χ0n) is 14.5. The van der Waals surface area contributed by atoms with Gasteiger partial charge < -0.3 is 5.11 Å². The largest absolute Gasteiger partial charge is 0.422 e. The first-order chi connectivity index (χ1) is 12.6. The van der Waals surface area contributed by atoms with Gasteiger partial charge in [0.25, 0.3) is 0 Å². The number of halogens is 3. The molecule has 1 aliphatic rings. The summed E-state index contributed by atoms with van der Waals surface area (Å²) in [6.07, 6.45) is -1.45. The molecule has 146 valence electrons. The van der Waals surface area contributed by atoms with Crippen molar-refractivity contribution in [2.75, 3.05) is 6.54 Å². The summed E-state index contributed by atoms with van der Waals surface area (Å²) in [7, 11) is -4.21. The van der Waals surface area contributed by atoms with Crippen LogP contribution in [0.15, 0.2) is 53.4 Å². The normalized spacial score (nSPS) is 17.2. The van der Waals surface area contributed by atoms with Crippen LogP contribution in [0.2, 0.25) is 0 Å². The van der Waals surface area contributed by atoms with E-state index in [1.54, 1.807) is 6.07 Å². The lowest BCUT2D eigenvalue weighted by Crippen LogP contribution is -2.51. The topological polar surface area (TPSA) is 66.4 Å². The summed E-state index contributed by atoms with van der Waals surface area (Å²) >= 11 is 0. The fourth-order valence-electron chi connectivity index (χ4n) is 3.24. The summed E-state index contributed by atoms with van der Waals surface area (Å²) in [6, 6.07) is 11.0. The number of alkyl halides is 3. The molecule has 8 heteroatoms. The van der Waals surface area contributed by atoms with Crippen molar-refractivity contribution in [1.82, 2.24) is 4.72 Å². The van der Waals surface area contributed by atoms with Crippen molar-refractivity contribution < 1.29 is 26.7 Å². The molecule has 2 aromatic carbocycles. The van der Waals surface area contributed by atoms with Gasteiger partial charge in [0, 0.05) is 0 Å². The van der Waals surface area contributed by atoms with Crippen LogP contribution in [0, 0.1) is 0 Å².